The number of fused-ring (bicyclic) bond motifs is 1. The Kier molecular flexibility index (Phi) is 6.17. The molecule has 1 aromatic carbocycles. The number of aromatic nitrogens is 4. The number of nitrogens with zero attached hydrogens (tertiary/aromatic N) is 5. The fraction of sp³-hybridized carbons (Fsp3) is 0.320. The molecule has 5 rings (SSSR count). The van der Waals surface area contributed by atoms with Gasteiger partial charge in [0.25, 0.3) is 5.91 Å². The molecule has 188 valence electrons. The zero-order chi connectivity index (χ0) is 25.6. The van der Waals surface area contributed by atoms with Crippen LogP contribution in [0.5, 0.6) is 0 Å². The number of morpholine rings is 1. The highest BCUT2D eigenvalue weighted by molar-refractivity contribution is 6.33. The molecule has 0 radical (unpaired) electrons. The molecule has 1 saturated heterocycles. The Labute approximate surface area is 211 Å². The molecular weight excluding hydrogens is 490 g/mol. The molecule has 1 N–H and O–H groups in total. The number of hydrogen-bond acceptors (Lipinski definition) is 5. The number of hydrogen-bond donors (Lipinski definition) is 1. The summed E-state index contributed by atoms with van der Waals surface area (Å²) in [4.78, 5) is 19.4. The van der Waals surface area contributed by atoms with Crippen molar-refractivity contribution in [1.82, 2.24) is 19.2 Å². The van der Waals surface area contributed by atoms with Crippen LogP contribution in [0, 0.1) is 11.8 Å². The van der Waals surface area contributed by atoms with Crippen molar-refractivity contribution < 1.29 is 18.3 Å². The average molecular weight is 515 g/mol. The number of halogens is 3. The first-order valence-corrected chi connectivity index (χ1v) is 11.9. The first-order valence-electron chi connectivity index (χ1n) is 11.5. The van der Waals surface area contributed by atoms with E-state index in [2.05, 4.69) is 20.3 Å². The summed E-state index contributed by atoms with van der Waals surface area (Å²) >= 11 is 6.38. The van der Waals surface area contributed by atoms with Gasteiger partial charge >= 0.3 is 0 Å². The molecule has 1 amide bonds. The minimum atomic E-state index is -0.768. The van der Waals surface area contributed by atoms with Crippen LogP contribution in [0.25, 0.3) is 16.8 Å². The van der Waals surface area contributed by atoms with Crippen LogP contribution in [0.1, 0.15) is 31.1 Å². The molecule has 1 aliphatic heterocycles. The smallest absolute Gasteiger partial charge is 0.261 e. The van der Waals surface area contributed by atoms with Crippen LogP contribution in [0.4, 0.5) is 20.2 Å². The lowest BCUT2D eigenvalue weighted by atomic mass is 10.0. The van der Waals surface area contributed by atoms with E-state index < -0.39 is 23.2 Å². The molecule has 0 aliphatic carbocycles. The lowest BCUT2D eigenvalue weighted by molar-refractivity contribution is 0.102. The van der Waals surface area contributed by atoms with Crippen LogP contribution in [-0.2, 0) is 10.3 Å². The molecule has 0 unspecified atom stereocenters. The Morgan fingerprint density at radius 2 is 1.92 bits per heavy atom. The van der Waals surface area contributed by atoms with Crippen LogP contribution in [-0.4, -0.2) is 51.4 Å². The SMILES string of the molecule is CC(C)(C)n1ncc(C(=O)Nc2cc(F)c(Cl)c(-c3cc(N4CCOCC4)c4nccn4c3)c2)c1F. The maximum Gasteiger partial charge on any atom is 0.261 e. The number of rotatable bonds is 4. The maximum atomic E-state index is 14.9. The summed E-state index contributed by atoms with van der Waals surface area (Å²) in [5.41, 5.74) is 1.88. The predicted octanol–water partition coefficient (Wildman–Crippen LogP) is 4.97. The summed E-state index contributed by atoms with van der Waals surface area (Å²) in [6.45, 7) is 7.89. The normalized spacial score (nSPS) is 14.4. The summed E-state index contributed by atoms with van der Waals surface area (Å²) in [7, 11) is 0. The molecule has 8 nitrogen and oxygen atoms in total. The lowest BCUT2D eigenvalue weighted by Gasteiger charge is -2.29. The summed E-state index contributed by atoms with van der Waals surface area (Å²) in [5.74, 6) is -2.22. The summed E-state index contributed by atoms with van der Waals surface area (Å²) < 4.78 is 38.2. The van der Waals surface area contributed by atoms with E-state index in [0.29, 0.717) is 37.4 Å². The Morgan fingerprint density at radius 3 is 2.61 bits per heavy atom. The highest BCUT2D eigenvalue weighted by atomic mass is 35.5. The number of carbonyl (C=O) groups is 1. The third-order valence-electron chi connectivity index (χ3n) is 6.01. The second-order valence-corrected chi connectivity index (χ2v) is 9.95. The topological polar surface area (TPSA) is 76.7 Å². The van der Waals surface area contributed by atoms with Gasteiger partial charge in [-0.2, -0.15) is 9.49 Å². The first-order chi connectivity index (χ1) is 17.1. The number of amides is 1. The fourth-order valence-electron chi connectivity index (χ4n) is 4.22. The van der Waals surface area contributed by atoms with Gasteiger partial charge in [-0.05, 0) is 39.0 Å². The zero-order valence-corrected chi connectivity index (χ0v) is 20.8. The van der Waals surface area contributed by atoms with E-state index in [0.717, 1.165) is 28.3 Å². The van der Waals surface area contributed by atoms with Crippen molar-refractivity contribution in [3.05, 3.63) is 65.3 Å². The standard InChI is InChI=1S/C25H25ClF2N6O2/c1-25(2,3)34-22(28)18(13-30-34)24(35)31-16-11-17(21(26)19(27)12-16)15-10-20(32-6-8-36-9-7-32)23-29-4-5-33(23)14-15/h4-5,10-14H,6-9H2,1-3H3,(H,31,35). The molecule has 11 heteroatoms. The van der Waals surface area contributed by atoms with E-state index >= 15 is 0 Å². The van der Waals surface area contributed by atoms with Gasteiger partial charge in [0.05, 0.1) is 35.7 Å². The molecule has 0 atom stereocenters. The number of benzene rings is 1. The second kappa shape index (κ2) is 9.18. The Morgan fingerprint density at radius 1 is 1.17 bits per heavy atom. The highest BCUT2D eigenvalue weighted by Crippen LogP contribution is 2.36. The largest absolute Gasteiger partial charge is 0.378 e. The maximum absolute atomic E-state index is 14.9. The zero-order valence-electron chi connectivity index (χ0n) is 20.1. The number of pyridine rings is 1. The van der Waals surface area contributed by atoms with Gasteiger partial charge in [-0.3, -0.25) is 4.79 Å². The summed E-state index contributed by atoms with van der Waals surface area (Å²) in [6.07, 6.45) is 6.44. The number of anilines is 2. The van der Waals surface area contributed by atoms with E-state index in [-0.39, 0.29) is 16.3 Å². The van der Waals surface area contributed by atoms with Crippen molar-refractivity contribution in [2.75, 3.05) is 36.5 Å². The molecule has 4 heterocycles. The lowest BCUT2D eigenvalue weighted by Crippen LogP contribution is -2.36. The van der Waals surface area contributed by atoms with Gasteiger partial charge < -0.3 is 19.4 Å². The minimum Gasteiger partial charge on any atom is -0.378 e. The van der Waals surface area contributed by atoms with E-state index in [1.807, 2.05) is 10.5 Å². The van der Waals surface area contributed by atoms with Crippen LogP contribution in [0.15, 0.2) is 43.0 Å². The molecule has 3 aromatic heterocycles. The number of imidazole rings is 1. The van der Waals surface area contributed by atoms with Crippen molar-refractivity contribution >= 4 is 34.5 Å². The van der Waals surface area contributed by atoms with Gasteiger partial charge in [-0.25, -0.2) is 14.1 Å². The van der Waals surface area contributed by atoms with Gasteiger partial charge in [0.2, 0.25) is 5.95 Å². The van der Waals surface area contributed by atoms with Crippen molar-refractivity contribution in [3.63, 3.8) is 0 Å². The van der Waals surface area contributed by atoms with Crippen LogP contribution in [0.2, 0.25) is 5.02 Å². The van der Waals surface area contributed by atoms with Crippen LogP contribution < -0.4 is 10.2 Å². The molecule has 4 aromatic rings. The average Bonchev–Trinajstić information content (AvgIpc) is 3.47. The molecule has 1 aliphatic rings. The number of ether oxygens (including phenoxy) is 1. The van der Waals surface area contributed by atoms with E-state index in [1.54, 1.807) is 45.4 Å². The van der Waals surface area contributed by atoms with Crippen LogP contribution in [0.3, 0.4) is 0 Å². The molecule has 1 fully saturated rings. The van der Waals surface area contributed by atoms with Gasteiger partial charge in [0, 0.05) is 48.5 Å². The van der Waals surface area contributed by atoms with Crippen LogP contribution >= 0.6 is 11.6 Å². The first kappa shape index (κ1) is 24.2. The van der Waals surface area contributed by atoms with Crippen molar-refractivity contribution in [2.24, 2.45) is 0 Å². The minimum absolute atomic E-state index is 0.0906. The summed E-state index contributed by atoms with van der Waals surface area (Å²) in [5, 5.41) is 6.47. The Bertz CT molecular complexity index is 1450. The monoisotopic (exact) mass is 514 g/mol. The fourth-order valence-corrected chi connectivity index (χ4v) is 4.44. The quantitative estimate of drug-likeness (QED) is 0.416. The molecule has 0 saturated carbocycles. The predicted molar refractivity (Wildman–Crippen MR) is 134 cm³/mol. The third kappa shape index (κ3) is 4.42. The van der Waals surface area contributed by atoms with E-state index in [1.165, 1.54) is 0 Å². The van der Waals surface area contributed by atoms with Crippen molar-refractivity contribution in [3.8, 4) is 11.1 Å². The van der Waals surface area contributed by atoms with E-state index in [9.17, 15) is 13.6 Å². The third-order valence-corrected chi connectivity index (χ3v) is 6.39. The number of nitrogens with one attached hydrogen (secondary N) is 1. The summed E-state index contributed by atoms with van der Waals surface area (Å²) in [6, 6.07) is 4.57. The number of carbonyl (C=O) groups excluding carboxylic acids is 1. The van der Waals surface area contributed by atoms with Gasteiger partial charge in [0.1, 0.15) is 11.4 Å². The molecule has 36 heavy (non-hydrogen) atoms. The Hall–Kier alpha value is -3.50. The van der Waals surface area contributed by atoms with Crippen molar-refractivity contribution in [1.29, 1.82) is 0 Å². The van der Waals surface area contributed by atoms with Crippen molar-refractivity contribution in [2.45, 2.75) is 26.3 Å². The molecule has 0 bridgehead atoms. The van der Waals surface area contributed by atoms with Gasteiger partial charge in [-0.1, -0.05) is 11.6 Å². The highest BCUT2D eigenvalue weighted by Gasteiger charge is 2.25. The van der Waals surface area contributed by atoms with E-state index in [4.69, 9.17) is 16.3 Å². The second-order valence-electron chi connectivity index (χ2n) is 9.58. The van der Waals surface area contributed by atoms with Gasteiger partial charge in [-0.15, -0.1) is 0 Å². The van der Waals surface area contributed by atoms with Gasteiger partial charge in [0.15, 0.2) is 5.65 Å². The molecule has 0 spiro atoms. The molecular formula is C25H25ClF2N6O2. The Balaban J connectivity index is 1.52.